The Morgan fingerprint density at radius 2 is 2.00 bits per heavy atom. The van der Waals surface area contributed by atoms with Crippen LogP contribution in [-0.4, -0.2) is 88.1 Å². The zero-order chi connectivity index (χ0) is 21.6. The summed E-state index contributed by atoms with van der Waals surface area (Å²) in [4.78, 5) is 12.1. The van der Waals surface area contributed by atoms with Crippen LogP contribution in [0.2, 0.25) is 0 Å². The van der Waals surface area contributed by atoms with Crippen LogP contribution in [0, 0.1) is 11.8 Å². The Morgan fingerprint density at radius 1 is 1.23 bits per heavy atom. The van der Waals surface area contributed by atoms with E-state index in [-0.39, 0.29) is 42.2 Å². The molecular weight excluding hydrogens is 396 g/mol. The lowest BCUT2D eigenvalue weighted by molar-refractivity contribution is -0.299. The van der Waals surface area contributed by atoms with E-state index in [4.69, 9.17) is 18.9 Å². The molecule has 0 aromatic heterocycles. The number of rotatable bonds is 4. The monoisotopic (exact) mass is 428 g/mol. The zero-order valence-electron chi connectivity index (χ0n) is 17.3. The molecular formula is C21H32O9. The van der Waals surface area contributed by atoms with Gasteiger partial charge in [-0.05, 0) is 38.2 Å². The Labute approximate surface area is 175 Å². The van der Waals surface area contributed by atoms with Gasteiger partial charge in [-0.1, -0.05) is 13.0 Å². The summed E-state index contributed by atoms with van der Waals surface area (Å²) in [7, 11) is 0. The predicted octanol–water partition coefficient (Wildman–Crippen LogP) is -0.361. The second-order valence-corrected chi connectivity index (χ2v) is 9.15. The Morgan fingerprint density at radius 3 is 2.73 bits per heavy atom. The number of carbonyl (C=O) groups excluding carboxylic acids is 1. The molecule has 0 bridgehead atoms. The third-order valence-electron chi connectivity index (χ3n) is 7.08. The van der Waals surface area contributed by atoms with E-state index in [9.17, 15) is 25.2 Å². The molecule has 0 spiro atoms. The van der Waals surface area contributed by atoms with Crippen molar-refractivity contribution in [3.05, 3.63) is 11.6 Å². The second-order valence-electron chi connectivity index (χ2n) is 9.15. The molecule has 9 nitrogen and oxygen atoms in total. The standard InChI is InChI=1S/C21H32O9/c1-10-12-6-5-11(4-3-7-21(2)18(30-21)17(12)29-19(10)26)9-27-20-16(25)15(24)14(23)13(8-22)28-20/h4,10,12-18,20,22-25H,3,5-9H2,1-2H3/b11-4-/t10-,12-,13-,14-,15+,16-,17-,18+,20-,21+/m0/s1. The molecule has 10 atom stereocenters. The summed E-state index contributed by atoms with van der Waals surface area (Å²) >= 11 is 0. The van der Waals surface area contributed by atoms with Crippen LogP contribution in [0.1, 0.15) is 39.5 Å². The first kappa shape index (κ1) is 22.1. The second kappa shape index (κ2) is 8.46. The van der Waals surface area contributed by atoms with Crippen molar-refractivity contribution < 1.29 is 44.2 Å². The molecule has 3 fully saturated rings. The molecule has 4 rings (SSSR count). The summed E-state index contributed by atoms with van der Waals surface area (Å²) in [6.45, 7) is 3.62. The zero-order valence-corrected chi connectivity index (χ0v) is 17.3. The van der Waals surface area contributed by atoms with Gasteiger partial charge >= 0.3 is 5.97 Å². The number of aliphatic hydroxyl groups is 4. The summed E-state index contributed by atoms with van der Waals surface area (Å²) in [5.41, 5.74) is 0.713. The normalized spacial score (nSPS) is 50.7. The van der Waals surface area contributed by atoms with E-state index in [1.165, 1.54) is 0 Å². The SMILES string of the molecule is C[C@@H]1C(=O)O[C@H]2[C@H]1CC/C(CO[C@H]1O[C@@H](CO)[C@H](O)[C@@H](O)[C@@H]1O)=C/CC[C@@]1(C)O[C@H]21. The van der Waals surface area contributed by atoms with Gasteiger partial charge in [0, 0.05) is 5.92 Å². The van der Waals surface area contributed by atoms with Crippen LogP contribution in [0.25, 0.3) is 0 Å². The van der Waals surface area contributed by atoms with Gasteiger partial charge in [-0.25, -0.2) is 0 Å². The molecule has 170 valence electrons. The summed E-state index contributed by atoms with van der Waals surface area (Å²) in [6, 6.07) is 0. The number of hydrogen-bond donors (Lipinski definition) is 4. The van der Waals surface area contributed by atoms with Gasteiger partial charge in [0.25, 0.3) is 0 Å². The molecule has 0 radical (unpaired) electrons. The molecule has 0 aromatic rings. The lowest BCUT2D eigenvalue weighted by Crippen LogP contribution is -2.59. The Hall–Kier alpha value is -1.07. The van der Waals surface area contributed by atoms with Crippen LogP contribution < -0.4 is 0 Å². The van der Waals surface area contributed by atoms with Crippen molar-refractivity contribution in [3.63, 3.8) is 0 Å². The number of allylic oxidation sites excluding steroid dienone is 1. The van der Waals surface area contributed by atoms with E-state index >= 15 is 0 Å². The molecule has 3 aliphatic heterocycles. The van der Waals surface area contributed by atoms with Gasteiger partial charge in [-0.2, -0.15) is 0 Å². The molecule has 0 amide bonds. The highest BCUT2D eigenvalue weighted by molar-refractivity contribution is 5.75. The third kappa shape index (κ3) is 4.04. The average Bonchev–Trinajstić information content (AvgIpc) is 3.31. The van der Waals surface area contributed by atoms with Crippen molar-refractivity contribution in [2.45, 2.75) is 88.0 Å². The molecule has 0 saturated carbocycles. The summed E-state index contributed by atoms with van der Waals surface area (Å²) in [5.74, 6) is -0.293. The maximum Gasteiger partial charge on any atom is 0.309 e. The fraction of sp³-hybridized carbons (Fsp3) is 0.857. The first-order chi connectivity index (χ1) is 14.2. The summed E-state index contributed by atoms with van der Waals surface area (Å²) < 4.78 is 22.7. The van der Waals surface area contributed by atoms with E-state index in [1.54, 1.807) is 0 Å². The van der Waals surface area contributed by atoms with Crippen LogP contribution >= 0.6 is 0 Å². The summed E-state index contributed by atoms with van der Waals surface area (Å²) in [5, 5.41) is 39.3. The largest absolute Gasteiger partial charge is 0.459 e. The molecule has 9 heteroatoms. The van der Waals surface area contributed by atoms with Crippen LogP contribution in [-0.2, 0) is 23.7 Å². The molecule has 1 aliphatic carbocycles. The topological polar surface area (TPSA) is 138 Å². The third-order valence-corrected chi connectivity index (χ3v) is 7.08. The molecule has 3 heterocycles. The first-order valence-electron chi connectivity index (χ1n) is 10.7. The van der Waals surface area contributed by atoms with Gasteiger partial charge in [0.1, 0.15) is 36.6 Å². The molecule has 4 N–H and O–H groups in total. The fourth-order valence-electron chi connectivity index (χ4n) is 4.90. The van der Waals surface area contributed by atoms with E-state index < -0.39 is 37.3 Å². The van der Waals surface area contributed by atoms with E-state index in [0.29, 0.717) is 6.42 Å². The van der Waals surface area contributed by atoms with Crippen molar-refractivity contribution in [2.75, 3.05) is 13.2 Å². The highest BCUT2D eigenvalue weighted by Gasteiger charge is 2.62. The predicted molar refractivity (Wildman–Crippen MR) is 102 cm³/mol. The van der Waals surface area contributed by atoms with Gasteiger partial charge in [-0.3, -0.25) is 4.79 Å². The van der Waals surface area contributed by atoms with Gasteiger partial charge in [-0.15, -0.1) is 0 Å². The number of hydrogen-bond acceptors (Lipinski definition) is 9. The number of ether oxygens (including phenoxy) is 4. The van der Waals surface area contributed by atoms with Gasteiger partial charge in [0.05, 0.1) is 24.7 Å². The average molecular weight is 428 g/mol. The van der Waals surface area contributed by atoms with Crippen molar-refractivity contribution in [1.29, 1.82) is 0 Å². The van der Waals surface area contributed by atoms with Gasteiger partial charge < -0.3 is 39.4 Å². The fourth-order valence-corrected chi connectivity index (χ4v) is 4.90. The quantitative estimate of drug-likeness (QED) is 0.269. The number of esters is 1. The highest BCUT2D eigenvalue weighted by Crippen LogP contribution is 2.50. The van der Waals surface area contributed by atoms with Crippen molar-refractivity contribution >= 4 is 5.97 Å². The van der Waals surface area contributed by atoms with Crippen LogP contribution in [0.3, 0.4) is 0 Å². The number of epoxide rings is 1. The van der Waals surface area contributed by atoms with E-state index in [1.807, 2.05) is 13.8 Å². The van der Waals surface area contributed by atoms with Crippen molar-refractivity contribution in [2.24, 2.45) is 11.8 Å². The molecule has 3 saturated heterocycles. The van der Waals surface area contributed by atoms with E-state index in [0.717, 1.165) is 24.8 Å². The van der Waals surface area contributed by atoms with E-state index in [2.05, 4.69) is 6.08 Å². The summed E-state index contributed by atoms with van der Waals surface area (Å²) in [6.07, 6.45) is -1.61. The van der Waals surface area contributed by atoms with Crippen LogP contribution in [0.4, 0.5) is 0 Å². The van der Waals surface area contributed by atoms with Crippen LogP contribution in [0.5, 0.6) is 0 Å². The minimum atomic E-state index is -1.47. The number of carbonyl (C=O) groups is 1. The first-order valence-corrected chi connectivity index (χ1v) is 10.7. The van der Waals surface area contributed by atoms with Crippen molar-refractivity contribution in [1.82, 2.24) is 0 Å². The lowest BCUT2D eigenvalue weighted by Gasteiger charge is -2.39. The van der Waals surface area contributed by atoms with Gasteiger partial charge in [0.2, 0.25) is 0 Å². The Bertz CT molecular complexity index is 679. The Balaban J connectivity index is 1.41. The molecule has 4 aliphatic rings. The van der Waals surface area contributed by atoms with Gasteiger partial charge in [0.15, 0.2) is 6.29 Å². The maximum atomic E-state index is 12.1. The molecule has 0 unspecified atom stereocenters. The lowest BCUT2D eigenvalue weighted by atomic mass is 9.81. The Kier molecular flexibility index (Phi) is 6.24. The molecule has 0 aromatic carbocycles. The number of fused-ring (bicyclic) bond motifs is 3. The van der Waals surface area contributed by atoms with Crippen molar-refractivity contribution in [3.8, 4) is 0 Å². The minimum Gasteiger partial charge on any atom is -0.459 e. The molecule has 30 heavy (non-hydrogen) atoms. The highest BCUT2D eigenvalue weighted by atomic mass is 16.7. The smallest absolute Gasteiger partial charge is 0.309 e. The number of aliphatic hydroxyl groups excluding tert-OH is 4. The maximum absolute atomic E-state index is 12.1. The minimum absolute atomic E-state index is 0.0447. The van der Waals surface area contributed by atoms with Crippen LogP contribution in [0.15, 0.2) is 11.6 Å².